The standard InChI is InChI=1S/C29H28BrN7O3/c1-15-5-8-24(30)33-27(15)34-28(40)22-10-29(4)11-23(29)37(22)25(39)14-36-21-7-6-18(19-12-31-17(3)32-13-19)9-20(21)26(35-36)16(2)38/h5-9,12-13,22-23H,10-11,14H2,1-4H3,(H,33,34,40)/t22-,23?,29+/m1/s1. The van der Waals surface area contributed by atoms with Crippen molar-refractivity contribution in [1.82, 2.24) is 29.6 Å². The molecule has 3 atom stereocenters. The number of carbonyl (C=O) groups is 3. The number of piperidine rings is 1. The lowest BCUT2D eigenvalue weighted by Crippen LogP contribution is -2.47. The molecule has 0 spiro atoms. The third-order valence-electron chi connectivity index (χ3n) is 8.01. The van der Waals surface area contributed by atoms with E-state index in [1.807, 2.05) is 44.2 Å². The quantitative estimate of drug-likeness (QED) is 0.255. The minimum Gasteiger partial charge on any atom is -0.325 e. The molecule has 2 amide bonds. The minimum absolute atomic E-state index is 0.00504. The maximum absolute atomic E-state index is 13.8. The first-order valence-corrected chi connectivity index (χ1v) is 13.9. The average molecular weight is 602 g/mol. The van der Waals surface area contributed by atoms with Crippen LogP contribution >= 0.6 is 15.9 Å². The first kappa shape index (κ1) is 26.2. The van der Waals surface area contributed by atoms with E-state index in [4.69, 9.17) is 0 Å². The van der Waals surface area contributed by atoms with Gasteiger partial charge in [0.2, 0.25) is 11.8 Å². The molecule has 4 aromatic rings. The SMILES string of the molecule is CC(=O)c1nn(CC(=O)N2C3C[C@]3(C)C[C@@H]2C(=O)Nc2nc(Br)ccc2C)c2ccc(-c3cnc(C)nc3)cc12. The molecule has 204 valence electrons. The fraction of sp³-hybridized carbons (Fsp3) is 0.345. The summed E-state index contributed by atoms with van der Waals surface area (Å²) in [6, 6.07) is 8.71. The molecule has 3 aromatic heterocycles. The predicted molar refractivity (Wildman–Crippen MR) is 153 cm³/mol. The molecule has 2 aliphatic rings. The number of pyridine rings is 1. The van der Waals surface area contributed by atoms with E-state index in [2.05, 4.69) is 48.2 Å². The number of ketones is 1. The van der Waals surface area contributed by atoms with Gasteiger partial charge in [0.1, 0.15) is 34.5 Å². The Morgan fingerprint density at radius 1 is 1.07 bits per heavy atom. The van der Waals surface area contributed by atoms with Gasteiger partial charge in [0.25, 0.3) is 0 Å². The monoisotopic (exact) mass is 601 g/mol. The van der Waals surface area contributed by atoms with E-state index < -0.39 is 6.04 Å². The number of halogens is 1. The number of aryl methyl sites for hydroxylation is 2. The van der Waals surface area contributed by atoms with Gasteiger partial charge in [0.05, 0.1) is 5.52 Å². The lowest BCUT2D eigenvalue weighted by Gasteiger charge is -2.27. The molecule has 10 nitrogen and oxygen atoms in total. The molecule has 0 bridgehead atoms. The largest absolute Gasteiger partial charge is 0.325 e. The normalized spacial score (nSPS) is 21.4. The number of likely N-dealkylation sites (tertiary alicyclic amines) is 1. The van der Waals surface area contributed by atoms with Crippen molar-refractivity contribution in [3.05, 3.63) is 64.4 Å². The second-order valence-corrected chi connectivity index (χ2v) is 11.8. The van der Waals surface area contributed by atoms with E-state index in [0.717, 1.165) is 23.1 Å². The molecule has 40 heavy (non-hydrogen) atoms. The van der Waals surface area contributed by atoms with Gasteiger partial charge in [-0.15, -0.1) is 0 Å². The molecule has 1 aliphatic heterocycles. The van der Waals surface area contributed by atoms with Crippen LogP contribution in [-0.4, -0.2) is 59.3 Å². The number of carbonyl (C=O) groups excluding carboxylic acids is 3. The van der Waals surface area contributed by atoms with Crippen LogP contribution in [0, 0.1) is 19.3 Å². The smallest absolute Gasteiger partial charge is 0.248 e. The number of hydrogen-bond donors (Lipinski definition) is 1. The van der Waals surface area contributed by atoms with E-state index in [1.54, 1.807) is 22.0 Å². The van der Waals surface area contributed by atoms with Gasteiger partial charge in [-0.05, 0) is 77.4 Å². The highest BCUT2D eigenvalue weighted by Gasteiger charge is 2.64. The highest BCUT2D eigenvalue weighted by atomic mass is 79.9. The predicted octanol–water partition coefficient (Wildman–Crippen LogP) is 4.49. The Hall–Kier alpha value is -3.99. The van der Waals surface area contributed by atoms with E-state index in [0.29, 0.717) is 39.3 Å². The first-order valence-electron chi connectivity index (χ1n) is 13.1. The molecule has 1 saturated carbocycles. The van der Waals surface area contributed by atoms with E-state index in [1.165, 1.54) is 6.92 Å². The molecule has 1 aromatic carbocycles. The Bertz CT molecular complexity index is 1700. The van der Waals surface area contributed by atoms with Crippen molar-refractivity contribution in [2.24, 2.45) is 5.41 Å². The Balaban J connectivity index is 1.29. The van der Waals surface area contributed by atoms with Gasteiger partial charge in [0.15, 0.2) is 5.78 Å². The maximum atomic E-state index is 13.8. The lowest BCUT2D eigenvalue weighted by atomic mass is 10.0. The number of nitrogens with zero attached hydrogens (tertiary/aromatic N) is 6. The highest BCUT2D eigenvalue weighted by molar-refractivity contribution is 9.10. The van der Waals surface area contributed by atoms with Gasteiger partial charge >= 0.3 is 0 Å². The number of benzene rings is 1. The molecular weight excluding hydrogens is 574 g/mol. The van der Waals surface area contributed by atoms with Crippen LogP contribution in [0.1, 0.15) is 48.6 Å². The zero-order valence-electron chi connectivity index (χ0n) is 22.6. The van der Waals surface area contributed by atoms with Gasteiger partial charge in [0, 0.05) is 36.3 Å². The summed E-state index contributed by atoms with van der Waals surface area (Å²) in [7, 11) is 0. The van der Waals surface area contributed by atoms with Crippen molar-refractivity contribution in [3.63, 3.8) is 0 Å². The molecule has 6 rings (SSSR count). The Kier molecular flexibility index (Phi) is 6.29. The zero-order chi connectivity index (χ0) is 28.3. The molecule has 1 N–H and O–H groups in total. The Morgan fingerprint density at radius 3 is 2.55 bits per heavy atom. The van der Waals surface area contributed by atoms with Crippen molar-refractivity contribution in [1.29, 1.82) is 0 Å². The van der Waals surface area contributed by atoms with E-state index >= 15 is 0 Å². The summed E-state index contributed by atoms with van der Waals surface area (Å²) in [6.07, 6.45) is 4.92. The van der Waals surface area contributed by atoms with Gasteiger partial charge < -0.3 is 10.2 Å². The number of rotatable bonds is 6. The summed E-state index contributed by atoms with van der Waals surface area (Å²) in [5, 5.41) is 8.11. The second kappa shape index (κ2) is 9.58. The maximum Gasteiger partial charge on any atom is 0.248 e. The summed E-state index contributed by atoms with van der Waals surface area (Å²) in [5.74, 6) is 0.482. The number of fused-ring (bicyclic) bond motifs is 2. The van der Waals surface area contributed by atoms with Crippen LogP contribution < -0.4 is 5.32 Å². The van der Waals surface area contributed by atoms with Gasteiger partial charge in [-0.1, -0.05) is 19.1 Å². The van der Waals surface area contributed by atoms with Gasteiger partial charge in [-0.3, -0.25) is 19.1 Å². The van der Waals surface area contributed by atoms with Crippen LogP contribution in [0.25, 0.3) is 22.0 Å². The Labute approximate surface area is 239 Å². The van der Waals surface area contributed by atoms with Crippen LogP contribution in [0.5, 0.6) is 0 Å². The summed E-state index contributed by atoms with van der Waals surface area (Å²) >= 11 is 3.35. The molecule has 2 fully saturated rings. The molecule has 11 heteroatoms. The summed E-state index contributed by atoms with van der Waals surface area (Å²) < 4.78 is 2.18. The summed E-state index contributed by atoms with van der Waals surface area (Å²) in [5.41, 5.74) is 3.38. The minimum atomic E-state index is -0.612. The molecule has 4 heterocycles. The number of anilines is 1. The molecule has 1 unspecified atom stereocenters. The zero-order valence-corrected chi connectivity index (χ0v) is 24.2. The fourth-order valence-corrected chi connectivity index (χ4v) is 5.99. The summed E-state index contributed by atoms with van der Waals surface area (Å²) in [4.78, 5) is 54.3. The topological polar surface area (TPSA) is 123 Å². The number of hydrogen-bond acceptors (Lipinski definition) is 7. The average Bonchev–Trinajstić information content (AvgIpc) is 3.28. The lowest BCUT2D eigenvalue weighted by molar-refractivity contribution is -0.138. The summed E-state index contributed by atoms with van der Waals surface area (Å²) in [6.45, 7) is 7.18. The fourth-order valence-electron chi connectivity index (χ4n) is 5.68. The van der Waals surface area contributed by atoms with Crippen molar-refractivity contribution in [2.45, 2.75) is 59.2 Å². The van der Waals surface area contributed by atoms with Crippen LogP contribution in [0.2, 0.25) is 0 Å². The van der Waals surface area contributed by atoms with E-state index in [-0.39, 0.29) is 35.6 Å². The van der Waals surface area contributed by atoms with Crippen molar-refractivity contribution >= 4 is 50.2 Å². The number of aromatic nitrogens is 5. The highest BCUT2D eigenvalue weighted by Crippen LogP contribution is 2.59. The van der Waals surface area contributed by atoms with Gasteiger partial charge in [-0.25, -0.2) is 15.0 Å². The van der Waals surface area contributed by atoms with Crippen LogP contribution in [0.3, 0.4) is 0 Å². The van der Waals surface area contributed by atoms with Crippen LogP contribution in [-0.2, 0) is 16.1 Å². The Morgan fingerprint density at radius 2 is 1.82 bits per heavy atom. The molecule has 1 saturated heterocycles. The third-order valence-corrected chi connectivity index (χ3v) is 8.46. The molecule has 0 radical (unpaired) electrons. The van der Waals surface area contributed by atoms with Crippen LogP contribution in [0.15, 0.2) is 47.3 Å². The number of Topliss-reactive ketones (excluding diaryl/α,β-unsaturated/α-hetero) is 1. The second-order valence-electron chi connectivity index (χ2n) is 11.0. The molecule has 1 aliphatic carbocycles. The van der Waals surface area contributed by atoms with Crippen molar-refractivity contribution in [3.8, 4) is 11.1 Å². The first-order chi connectivity index (χ1) is 19.0. The number of nitrogens with one attached hydrogen (secondary N) is 1. The molecular formula is C29H28BrN7O3. The van der Waals surface area contributed by atoms with E-state index in [9.17, 15) is 14.4 Å². The van der Waals surface area contributed by atoms with Crippen molar-refractivity contribution < 1.29 is 14.4 Å². The third kappa shape index (κ3) is 4.57. The van der Waals surface area contributed by atoms with Crippen LogP contribution in [0.4, 0.5) is 5.82 Å². The van der Waals surface area contributed by atoms with Crippen molar-refractivity contribution in [2.75, 3.05) is 5.32 Å². The number of amides is 2. The van der Waals surface area contributed by atoms with Gasteiger partial charge in [-0.2, -0.15) is 5.10 Å².